The zero-order valence-corrected chi connectivity index (χ0v) is 14.8. The van der Waals surface area contributed by atoms with E-state index >= 15 is 0 Å². The highest BCUT2D eigenvalue weighted by Crippen LogP contribution is 2.24. The van der Waals surface area contributed by atoms with Crippen molar-refractivity contribution in [1.82, 2.24) is 10.6 Å². The van der Waals surface area contributed by atoms with Crippen molar-refractivity contribution in [3.8, 4) is 5.75 Å². The molecule has 0 radical (unpaired) electrons. The second-order valence-corrected chi connectivity index (χ2v) is 6.63. The minimum Gasteiger partial charge on any atom is -0.490 e. The molecule has 4 heteroatoms. The van der Waals surface area contributed by atoms with Gasteiger partial charge in [0.05, 0.1) is 6.10 Å². The van der Waals surface area contributed by atoms with Gasteiger partial charge in [-0.15, -0.1) is 0 Å². The summed E-state index contributed by atoms with van der Waals surface area (Å²) in [6.45, 7) is 3.08. The number of amides is 2. The molecule has 1 aliphatic rings. The van der Waals surface area contributed by atoms with Crippen LogP contribution in [0.25, 0.3) is 0 Å². The van der Waals surface area contributed by atoms with E-state index in [1.807, 2.05) is 55.5 Å². The number of urea groups is 1. The van der Waals surface area contributed by atoms with Crippen LogP contribution in [0.1, 0.15) is 42.4 Å². The summed E-state index contributed by atoms with van der Waals surface area (Å²) in [7, 11) is 0. The van der Waals surface area contributed by atoms with Gasteiger partial charge in [-0.3, -0.25) is 0 Å². The maximum Gasteiger partial charge on any atom is 0.315 e. The minimum absolute atomic E-state index is 0.158. The van der Waals surface area contributed by atoms with Crippen LogP contribution in [0.5, 0.6) is 5.75 Å². The lowest BCUT2D eigenvalue weighted by Crippen LogP contribution is -2.34. The number of ether oxygens (including phenoxy) is 1. The molecule has 0 spiro atoms. The number of hydrogen-bond acceptors (Lipinski definition) is 2. The lowest BCUT2D eigenvalue weighted by atomic mass is 10.1. The molecule has 0 heterocycles. The fourth-order valence-electron chi connectivity index (χ4n) is 3.11. The summed E-state index contributed by atoms with van der Waals surface area (Å²) in [5.41, 5.74) is 3.37. The molecule has 25 heavy (non-hydrogen) atoms. The van der Waals surface area contributed by atoms with Gasteiger partial charge < -0.3 is 15.4 Å². The van der Waals surface area contributed by atoms with Crippen molar-refractivity contribution in [1.29, 1.82) is 0 Å². The van der Waals surface area contributed by atoms with E-state index in [0.717, 1.165) is 29.7 Å². The van der Waals surface area contributed by atoms with Gasteiger partial charge in [0.1, 0.15) is 5.75 Å². The molecule has 1 aliphatic carbocycles. The van der Waals surface area contributed by atoms with Gasteiger partial charge in [-0.25, -0.2) is 4.79 Å². The Morgan fingerprint density at radius 3 is 2.40 bits per heavy atom. The molecule has 0 atom stereocenters. The van der Waals surface area contributed by atoms with Crippen LogP contribution in [0, 0.1) is 6.92 Å². The summed E-state index contributed by atoms with van der Waals surface area (Å²) in [6.07, 6.45) is 5.22. The van der Waals surface area contributed by atoms with Crippen LogP contribution in [0.2, 0.25) is 0 Å². The third-order valence-electron chi connectivity index (χ3n) is 4.68. The highest BCUT2D eigenvalue weighted by atomic mass is 16.5. The van der Waals surface area contributed by atoms with Crippen molar-refractivity contribution < 1.29 is 9.53 Å². The molecule has 132 valence electrons. The van der Waals surface area contributed by atoms with Crippen LogP contribution in [-0.4, -0.2) is 12.1 Å². The number of rotatable bonds is 6. The van der Waals surface area contributed by atoms with E-state index in [1.54, 1.807) is 0 Å². The molecule has 0 unspecified atom stereocenters. The van der Waals surface area contributed by atoms with Gasteiger partial charge in [-0.05, 0) is 61.4 Å². The van der Waals surface area contributed by atoms with E-state index in [9.17, 15) is 4.79 Å². The van der Waals surface area contributed by atoms with Gasteiger partial charge in [0, 0.05) is 13.1 Å². The van der Waals surface area contributed by atoms with E-state index in [1.165, 1.54) is 18.4 Å². The van der Waals surface area contributed by atoms with Crippen LogP contribution in [0.4, 0.5) is 4.79 Å². The molecule has 1 fully saturated rings. The minimum atomic E-state index is -0.158. The Morgan fingerprint density at radius 2 is 1.68 bits per heavy atom. The summed E-state index contributed by atoms with van der Waals surface area (Å²) in [5.74, 6) is 0.916. The molecule has 0 aliphatic heterocycles. The molecule has 0 bridgehead atoms. The zero-order valence-electron chi connectivity index (χ0n) is 14.8. The van der Waals surface area contributed by atoms with Gasteiger partial charge in [-0.1, -0.05) is 36.4 Å². The van der Waals surface area contributed by atoms with E-state index in [0.29, 0.717) is 19.2 Å². The van der Waals surface area contributed by atoms with E-state index in [-0.39, 0.29) is 6.03 Å². The Bertz CT molecular complexity index is 691. The molecule has 1 saturated carbocycles. The average molecular weight is 338 g/mol. The summed E-state index contributed by atoms with van der Waals surface area (Å²) in [6, 6.07) is 15.9. The number of benzene rings is 2. The molecule has 2 aromatic rings. The van der Waals surface area contributed by atoms with Crippen molar-refractivity contribution in [3.05, 3.63) is 65.2 Å². The molecule has 2 N–H and O–H groups in total. The second-order valence-electron chi connectivity index (χ2n) is 6.63. The average Bonchev–Trinajstić information content (AvgIpc) is 3.13. The molecule has 0 aromatic heterocycles. The normalized spacial score (nSPS) is 14.3. The predicted molar refractivity (Wildman–Crippen MR) is 99.6 cm³/mol. The standard InChI is InChI=1S/C21H26N2O2/c1-16-6-2-3-7-18(16)15-23-21(24)22-14-17-10-12-20(13-11-17)25-19-8-4-5-9-19/h2-3,6-7,10-13,19H,4-5,8-9,14-15H2,1H3,(H2,22,23,24). The Morgan fingerprint density at radius 1 is 1.00 bits per heavy atom. The first kappa shape index (κ1) is 17.3. The maximum absolute atomic E-state index is 12.0. The first-order valence-electron chi connectivity index (χ1n) is 9.02. The summed E-state index contributed by atoms with van der Waals surface area (Å²) < 4.78 is 5.95. The lowest BCUT2D eigenvalue weighted by Gasteiger charge is -2.13. The Kier molecular flexibility index (Phi) is 5.94. The highest BCUT2D eigenvalue weighted by Gasteiger charge is 2.16. The fraction of sp³-hybridized carbons (Fsp3) is 0.381. The van der Waals surface area contributed by atoms with Gasteiger partial charge in [0.15, 0.2) is 0 Å². The lowest BCUT2D eigenvalue weighted by molar-refractivity contribution is 0.210. The van der Waals surface area contributed by atoms with Crippen molar-refractivity contribution in [2.24, 2.45) is 0 Å². The van der Waals surface area contributed by atoms with Crippen LogP contribution in [0.15, 0.2) is 48.5 Å². The Balaban J connectivity index is 1.41. The van der Waals surface area contributed by atoms with Crippen molar-refractivity contribution >= 4 is 6.03 Å². The number of carbonyl (C=O) groups is 1. The molecule has 0 saturated heterocycles. The third kappa shape index (κ3) is 5.24. The second kappa shape index (κ2) is 8.56. The molecule has 2 aromatic carbocycles. The fourth-order valence-corrected chi connectivity index (χ4v) is 3.11. The Hall–Kier alpha value is -2.49. The van der Waals surface area contributed by atoms with E-state index in [4.69, 9.17) is 4.74 Å². The van der Waals surface area contributed by atoms with Crippen molar-refractivity contribution in [2.75, 3.05) is 0 Å². The zero-order chi connectivity index (χ0) is 17.5. The molecule has 3 rings (SSSR count). The smallest absolute Gasteiger partial charge is 0.315 e. The van der Waals surface area contributed by atoms with Crippen LogP contribution in [-0.2, 0) is 13.1 Å². The van der Waals surface area contributed by atoms with Crippen LogP contribution >= 0.6 is 0 Å². The first-order valence-corrected chi connectivity index (χ1v) is 9.02. The monoisotopic (exact) mass is 338 g/mol. The van der Waals surface area contributed by atoms with Gasteiger partial charge in [0.2, 0.25) is 0 Å². The molecular weight excluding hydrogens is 312 g/mol. The van der Waals surface area contributed by atoms with Crippen LogP contribution < -0.4 is 15.4 Å². The van der Waals surface area contributed by atoms with E-state index in [2.05, 4.69) is 10.6 Å². The molecule has 4 nitrogen and oxygen atoms in total. The topological polar surface area (TPSA) is 50.4 Å². The maximum atomic E-state index is 12.0. The van der Waals surface area contributed by atoms with Crippen LogP contribution in [0.3, 0.4) is 0 Å². The van der Waals surface area contributed by atoms with Gasteiger partial charge in [0.25, 0.3) is 0 Å². The number of carbonyl (C=O) groups excluding carboxylic acids is 1. The SMILES string of the molecule is Cc1ccccc1CNC(=O)NCc1ccc(OC2CCCC2)cc1. The van der Waals surface area contributed by atoms with Gasteiger partial charge >= 0.3 is 6.03 Å². The number of hydrogen-bond donors (Lipinski definition) is 2. The first-order chi connectivity index (χ1) is 12.2. The largest absolute Gasteiger partial charge is 0.490 e. The number of aryl methyl sites for hydroxylation is 1. The summed E-state index contributed by atoms with van der Waals surface area (Å²) >= 11 is 0. The van der Waals surface area contributed by atoms with Gasteiger partial charge in [-0.2, -0.15) is 0 Å². The highest BCUT2D eigenvalue weighted by molar-refractivity contribution is 5.73. The number of nitrogens with one attached hydrogen (secondary N) is 2. The van der Waals surface area contributed by atoms with Crippen molar-refractivity contribution in [2.45, 2.75) is 51.8 Å². The van der Waals surface area contributed by atoms with E-state index < -0.39 is 0 Å². The molecule has 2 amide bonds. The van der Waals surface area contributed by atoms with Crippen molar-refractivity contribution in [3.63, 3.8) is 0 Å². The third-order valence-corrected chi connectivity index (χ3v) is 4.68. The summed E-state index contributed by atoms with van der Waals surface area (Å²) in [5, 5.41) is 5.79. The summed E-state index contributed by atoms with van der Waals surface area (Å²) in [4.78, 5) is 12.0. The molecular formula is C21H26N2O2. The quantitative estimate of drug-likeness (QED) is 0.824. The predicted octanol–water partition coefficient (Wildman–Crippen LogP) is 4.32. The Labute approximate surface area is 149 Å².